The van der Waals surface area contributed by atoms with Gasteiger partial charge in [0.1, 0.15) is 6.61 Å². The Labute approximate surface area is 394 Å². The number of carbonyl (C=O) groups excluding carboxylic acids is 3. The van der Waals surface area contributed by atoms with Gasteiger partial charge in [-0.2, -0.15) is 4.39 Å². The first-order chi connectivity index (χ1) is 30.7. The van der Waals surface area contributed by atoms with E-state index in [-0.39, 0.29) is 71.0 Å². The van der Waals surface area contributed by atoms with E-state index in [0.717, 1.165) is 35.6 Å². The molecule has 0 aromatic heterocycles. The van der Waals surface area contributed by atoms with Gasteiger partial charge in [0.25, 0.3) is 0 Å². The van der Waals surface area contributed by atoms with Gasteiger partial charge in [0.2, 0.25) is 15.5 Å². The van der Waals surface area contributed by atoms with Crippen molar-refractivity contribution in [1.82, 2.24) is 20.1 Å². The number of alkyl halides is 3. The molecule has 65 heavy (non-hydrogen) atoms. The number of nitrogens with zero attached hydrogens (tertiary/aromatic N) is 4. The summed E-state index contributed by atoms with van der Waals surface area (Å²) in [7, 11) is 0. The zero-order valence-electron chi connectivity index (χ0n) is 35.9. The van der Waals surface area contributed by atoms with Gasteiger partial charge in [0.15, 0.2) is 23.0 Å². The lowest BCUT2D eigenvalue weighted by atomic mass is 9.60. The number of piperidine rings is 1. The SMILES string of the molecule is CC1(C(=O)N(Cc2ccccc2Cl)C2CC2)C(c2ccc(CCCOc3c(F)ccc(F)c3F)cc2)CC2CN(C(=O)OCCOCCON(O)O)CC1N2C(=O)OC(C)(C)C(Cl)(Cl)Cl. The highest BCUT2D eigenvalue weighted by Crippen LogP contribution is 2.54. The number of ether oxygens (including phenoxy) is 4. The summed E-state index contributed by atoms with van der Waals surface area (Å²) in [6.07, 6.45) is 0.898. The van der Waals surface area contributed by atoms with Crippen LogP contribution in [0.4, 0.5) is 22.8 Å². The summed E-state index contributed by atoms with van der Waals surface area (Å²) in [5.41, 5.74) is -0.694. The van der Waals surface area contributed by atoms with E-state index in [2.05, 4.69) is 4.84 Å². The summed E-state index contributed by atoms with van der Waals surface area (Å²) in [4.78, 5) is 53.2. The lowest BCUT2D eigenvalue weighted by Gasteiger charge is -2.59. The van der Waals surface area contributed by atoms with Crippen LogP contribution in [-0.2, 0) is 36.8 Å². The van der Waals surface area contributed by atoms with Crippen LogP contribution in [0.5, 0.6) is 5.75 Å². The highest BCUT2D eigenvalue weighted by molar-refractivity contribution is 6.68. The third-order valence-electron chi connectivity index (χ3n) is 12.1. The monoisotopic (exact) mass is 992 g/mol. The van der Waals surface area contributed by atoms with Crippen molar-refractivity contribution in [2.24, 2.45) is 5.41 Å². The summed E-state index contributed by atoms with van der Waals surface area (Å²) in [6.45, 7) is 4.22. The minimum atomic E-state index is -2.04. The van der Waals surface area contributed by atoms with E-state index in [1.807, 2.05) is 36.4 Å². The molecule has 356 valence electrons. The highest BCUT2D eigenvalue weighted by Gasteiger charge is 2.62. The van der Waals surface area contributed by atoms with Crippen LogP contribution in [0.2, 0.25) is 5.02 Å². The maximum atomic E-state index is 15.7. The molecule has 0 spiro atoms. The van der Waals surface area contributed by atoms with Gasteiger partial charge in [-0.25, -0.2) is 23.2 Å². The number of hydrogen-bond acceptors (Lipinski definition) is 11. The van der Waals surface area contributed by atoms with Crippen LogP contribution < -0.4 is 4.74 Å². The molecule has 4 unspecified atom stereocenters. The molecule has 3 aromatic rings. The van der Waals surface area contributed by atoms with E-state index in [1.54, 1.807) is 24.0 Å². The van der Waals surface area contributed by atoms with Gasteiger partial charge < -0.3 is 28.7 Å². The number of piperazine rings is 1. The Morgan fingerprint density at radius 1 is 0.877 bits per heavy atom. The largest absolute Gasteiger partial charge is 0.488 e. The van der Waals surface area contributed by atoms with Crippen molar-refractivity contribution in [3.63, 3.8) is 0 Å². The molecule has 2 bridgehead atoms. The van der Waals surface area contributed by atoms with Crippen molar-refractivity contribution < 1.29 is 61.8 Å². The number of benzene rings is 3. The van der Waals surface area contributed by atoms with Crippen LogP contribution in [0.3, 0.4) is 0 Å². The fourth-order valence-corrected chi connectivity index (χ4v) is 8.66. The number of carbonyl (C=O) groups is 3. The summed E-state index contributed by atoms with van der Waals surface area (Å²) in [5.74, 6) is -5.21. The lowest BCUT2D eigenvalue weighted by molar-refractivity contribution is -0.493. The maximum Gasteiger partial charge on any atom is 0.411 e. The molecular weight excluding hydrogens is 943 g/mol. The Balaban J connectivity index is 1.31. The minimum Gasteiger partial charge on any atom is -0.488 e. The van der Waals surface area contributed by atoms with Crippen molar-refractivity contribution >= 4 is 64.5 Å². The molecule has 14 nitrogen and oxygen atoms in total. The minimum absolute atomic E-state index is 0.00647. The zero-order chi connectivity index (χ0) is 47.3. The average molecular weight is 995 g/mol. The van der Waals surface area contributed by atoms with Crippen molar-refractivity contribution in [2.75, 3.05) is 46.1 Å². The molecule has 6 rings (SSSR count). The van der Waals surface area contributed by atoms with Crippen LogP contribution >= 0.6 is 46.4 Å². The molecule has 3 amide bonds. The summed E-state index contributed by atoms with van der Waals surface area (Å²) in [6, 6.07) is 14.4. The number of amides is 3. The van der Waals surface area contributed by atoms with E-state index >= 15 is 4.79 Å². The average Bonchev–Trinajstić information content (AvgIpc) is 4.10. The molecule has 3 aromatic carbocycles. The Morgan fingerprint density at radius 2 is 1.55 bits per heavy atom. The Morgan fingerprint density at radius 3 is 2.22 bits per heavy atom. The van der Waals surface area contributed by atoms with Gasteiger partial charge in [-0.1, -0.05) is 88.9 Å². The fourth-order valence-electron chi connectivity index (χ4n) is 8.35. The molecule has 2 saturated heterocycles. The van der Waals surface area contributed by atoms with Crippen LogP contribution in [0.1, 0.15) is 69.1 Å². The zero-order valence-corrected chi connectivity index (χ0v) is 38.9. The fraction of sp³-hybridized carbons (Fsp3) is 0.523. The molecular formula is C44H51Cl4F3N4O10. The molecule has 1 aliphatic carbocycles. The van der Waals surface area contributed by atoms with Gasteiger partial charge in [0, 0.05) is 36.6 Å². The van der Waals surface area contributed by atoms with Gasteiger partial charge in [-0.05, 0) is 87.8 Å². The second-order valence-corrected chi connectivity index (χ2v) is 19.6. The van der Waals surface area contributed by atoms with E-state index in [9.17, 15) is 22.8 Å². The van der Waals surface area contributed by atoms with Gasteiger partial charge >= 0.3 is 12.2 Å². The second-order valence-electron chi connectivity index (χ2n) is 16.9. The number of hydrogen-bond donors (Lipinski definition) is 2. The van der Waals surface area contributed by atoms with E-state index < -0.39 is 73.6 Å². The first-order valence-corrected chi connectivity index (χ1v) is 22.5. The van der Waals surface area contributed by atoms with Gasteiger partial charge in [0.05, 0.1) is 49.3 Å². The van der Waals surface area contributed by atoms with Crippen molar-refractivity contribution in [3.8, 4) is 5.75 Å². The van der Waals surface area contributed by atoms with Crippen LogP contribution in [0.15, 0.2) is 60.7 Å². The molecule has 0 radical (unpaired) electrons. The van der Waals surface area contributed by atoms with Crippen LogP contribution in [0.25, 0.3) is 0 Å². The third kappa shape index (κ3) is 12.0. The maximum absolute atomic E-state index is 15.7. The number of halogens is 7. The Hall–Kier alpha value is -3.78. The second kappa shape index (κ2) is 21.5. The number of rotatable bonds is 18. The normalized spacial score (nSPS) is 21.0. The Bertz CT molecular complexity index is 2150. The van der Waals surface area contributed by atoms with Crippen molar-refractivity contribution in [3.05, 3.63) is 99.8 Å². The van der Waals surface area contributed by atoms with E-state index in [4.69, 9.17) is 75.8 Å². The molecule has 2 heterocycles. The molecule has 4 atom stereocenters. The molecule has 1 saturated carbocycles. The molecule has 3 fully saturated rings. The lowest BCUT2D eigenvalue weighted by Crippen LogP contribution is -2.73. The first-order valence-electron chi connectivity index (χ1n) is 21.0. The number of likely N-dealkylation sites (tertiary alicyclic amines) is 1. The van der Waals surface area contributed by atoms with Crippen molar-refractivity contribution in [2.45, 2.75) is 92.9 Å². The van der Waals surface area contributed by atoms with E-state index in [1.165, 1.54) is 23.6 Å². The standard InChI is InChI=1S/C44H51Cl4F3N4O10/c1-42(2,44(46,47)48)65-41(58)54-31-23-32(28-12-10-27(11-13-28)7-6-18-62-38-35(50)17-16-34(49)37(38)51)43(3,39(56)53(30-14-15-30)24-29-8-4-5-9-33(29)45)36(54)26-52(25-31)40(57)63-21-19-61-20-22-64-55(59)60/h4-5,8-13,16-17,30-32,36,59-60H,6-7,14-15,18-26H2,1-3H3. The van der Waals surface area contributed by atoms with Crippen LogP contribution in [0, 0.1) is 22.9 Å². The molecule has 2 N–H and O–H groups in total. The van der Waals surface area contributed by atoms with Gasteiger partial charge in [-0.15, -0.1) is 0 Å². The number of fused-ring (bicyclic) bond motifs is 2. The van der Waals surface area contributed by atoms with Crippen LogP contribution in [-0.4, -0.2) is 122 Å². The number of aryl methyl sites for hydroxylation is 1. The quantitative estimate of drug-likeness (QED) is 0.0544. The van der Waals surface area contributed by atoms with E-state index in [0.29, 0.717) is 23.9 Å². The first kappa shape index (κ1) is 50.6. The topological polar surface area (TPSA) is 151 Å². The summed E-state index contributed by atoms with van der Waals surface area (Å²) < 4.78 is 62.1. The highest BCUT2D eigenvalue weighted by atomic mass is 35.6. The molecule has 3 aliphatic rings. The third-order valence-corrected chi connectivity index (χ3v) is 13.8. The predicted molar refractivity (Wildman–Crippen MR) is 232 cm³/mol. The van der Waals surface area contributed by atoms with Gasteiger partial charge in [-0.3, -0.25) is 20.1 Å². The van der Waals surface area contributed by atoms with Crippen molar-refractivity contribution in [1.29, 1.82) is 0 Å². The predicted octanol–water partition coefficient (Wildman–Crippen LogP) is 9.26. The Kier molecular flexibility index (Phi) is 16.7. The smallest absolute Gasteiger partial charge is 0.411 e. The molecule has 21 heteroatoms. The summed E-state index contributed by atoms with van der Waals surface area (Å²) >= 11 is 25.5. The summed E-state index contributed by atoms with van der Waals surface area (Å²) in [5, 5.41) is 17.4. The molecule has 2 aliphatic heterocycles.